The maximum Gasteiger partial charge on any atom is 0.353 e. The van der Waals surface area contributed by atoms with Crippen molar-refractivity contribution in [3.63, 3.8) is 0 Å². The van der Waals surface area contributed by atoms with Crippen molar-refractivity contribution >= 4 is 34.5 Å². The molecule has 0 unspecified atom stereocenters. The van der Waals surface area contributed by atoms with Crippen molar-refractivity contribution in [3.8, 4) is 17.2 Å². The zero-order valence-corrected chi connectivity index (χ0v) is 28.9. The fraction of sp³-hybridized carbons (Fsp3) is 0.333. The number of nitrogen functional groups attached to an aromatic ring is 1. The second-order valence-electron chi connectivity index (χ2n) is 10.3. The number of amides is 1. The summed E-state index contributed by atoms with van der Waals surface area (Å²) < 4.78 is 25.0. The van der Waals surface area contributed by atoms with Gasteiger partial charge in [-0.1, -0.05) is 12.1 Å². The van der Waals surface area contributed by atoms with Gasteiger partial charge in [0.25, 0.3) is 5.91 Å². The maximum atomic E-state index is 12.7. The minimum absolute atomic E-state index is 0. The van der Waals surface area contributed by atoms with Crippen molar-refractivity contribution in [2.24, 2.45) is 4.99 Å². The first kappa shape index (κ1) is 36.5. The molecule has 48 heavy (non-hydrogen) atoms. The fourth-order valence-corrected chi connectivity index (χ4v) is 4.97. The summed E-state index contributed by atoms with van der Waals surface area (Å²) in [5, 5.41) is 16.8. The zero-order chi connectivity index (χ0) is 33.2. The van der Waals surface area contributed by atoms with Gasteiger partial charge in [-0.05, 0) is 42.9 Å². The summed E-state index contributed by atoms with van der Waals surface area (Å²) in [4.78, 5) is 49.1. The predicted molar refractivity (Wildman–Crippen MR) is 167 cm³/mol. The van der Waals surface area contributed by atoms with Crippen molar-refractivity contribution in [2.75, 3.05) is 64.0 Å². The molecule has 6 rings (SSSR count). The number of aromatic nitrogens is 4. The van der Waals surface area contributed by atoms with Crippen LogP contribution >= 0.6 is 0 Å². The standard InChI is InChI=1S/C22H26N9O3.C8H7FO4.Y/c1-33-18-16(34-11-10-30-7-4-24-5-8-30)3-2-15-17(18)28-22(31-9-6-25-19(15)31)29-20(32)14-12-26-21(23)27-13-14;9-12-8(10)5-6-1-3-7(13-11)4-2-6;/h2-3,12-13,25H,4-11H2,1H3,(H2,23,26,27);1-4,11H,5H2;/q-1;;. The summed E-state index contributed by atoms with van der Waals surface area (Å²) in [6, 6.07) is 9.76. The first-order chi connectivity index (χ1) is 22.9. The average molecular weight is 740 g/mol. The Balaban J connectivity index is 0.000000315. The van der Waals surface area contributed by atoms with Crippen LogP contribution in [0.15, 0.2) is 53.8 Å². The third-order valence-corrected chi connectivity index (χ3v) is 7.30. The van der Waals surface area contributed by atoms with E-state index in [0.29, 0.717) is 42.3 Å². The van der Waals surface area contributed by atoms with Crippen molar-refractivity contribution in [2.45, 2.75) is 13.0 Å². The van der Waals surface area contributed by atoms with Gasteiger partial charge in [0, 0.05) is 74.6 Å². The Morgan fingerprint density at radius 1 is 1.10 bits per heavy atom. The van der Waals surface area contributed by atoms with Crippen LogP contribution < -0.4 is 31.0 Å². The molecular formula is C30H33FN9O7Y-. The monoisotopic (exact) mass is 739 g/mol. The molecule has 2 aliphatic rings. The van der Waals surface area contributed by atoms with E-state index in [1.807, 2.05) is 16.7 Å². The number of benzene rings is 2. The van der Waals surface area contributed by atoms with E-state index in [2.05, 4.69) is 40.3 Å². The summed E-state index contributed by atoms with van der Waals surface area (Å²) >= 11 is 0. The summed E-state index contributed by atoms with van der Waals surface area (Å²) in [5.74, 6) is 0.793. The minimum atomic E-state index is -0.960. The van der Waals surface area contributed by atoms with E-state index in [9.17, 15) is 14.1 Å². The zero-order valence-electron chi connectivity index (χ0n) is 26.0. The number of rotatable bonds is 9. The molecule has 0 atom stereocenters. The van der Waals surface area contributed by atoms with Crippen LogP contribution in [0.1, 0.15) is 15.9 Å². The van der Waals surface area contributed by atoms with Gasteiger partial charge in [0.1, 0.15) is 17.9 Å². The van der Waals surface area contributed by atoms with Crippen molar-refractivity contribution in [1.29, 1.82) is 0 Å². The Hall–Kier alpha value is -4.29. The van der Waals surface area contributed by atoms with Crippen molar-refractivity contribution in [3.05, 3.63) is 70.9 Å². The number of carbonyl (C=O) groups is 2. The summed E-state index contributed by atoms with van der Waals surface area (Å²) in [7, 11) is 1.58. The number of hydrogen-bond acceptors (Lipinski definition) is 13. The Morgan fingerprint density at radius 3 is 2.50 bits per heavy atom. The fourth-order valence-electron chi connectivity index (χ4n) is 4.97. The summed E-state index contributed by atoms with van der Waals surface area (Å²) in [6.07, 6.45) is 2.55. The molecule has 0 spiro atoms. The van der Waals surface area contributed by atoms with Gasteiger partial charge in [0.2, 0.25) is 11.6 Å². The number of nitrogens with two attached hydrogens (primary N) is 1. The quantitative estimate of drug-likeness (QED) is 0.167. The van der Waals surface area contributed by atoms with Crippen molar-refractivity contribution < 1.29 is 71.4 Å². The van der Waals surface area contributed by atoms with Gasteiger partial charge < -0.3 is 35.6 Å². The number of ether oxygens (including phenoxy) is 2. The van der Waals surface area contributed by atoms with Gasteiger partial charge in [0.15, 0.2) is 17.2 Å². The van der Waals surface area contributed by atoms with Crippen LogP contribution in [0.2, 0.25) is 0 Å². The maximum absolute atomic E-state index is 12.7. The van der Waals surface area contributed by atoms with E-state index in [4.69, 9.17) is 25.4 Å². The molecule has 4 aromatic rings. The second-order valence-corrected chi connectivity index (χ2v) is 10.3. The van der Waals surface area contributed by atoms with Crippen LogP contribution in [0.25, 0.3) is 16.2 Å². The number of carbonyl (C=O) groups excluding carboxylic acids is 2. The van der Waals surface area contributed by atoms with E-state index in [1.165, 1.54) is 36.7 Å². The molecule has 0 saturated carbocycles. The molecule has 2 aromatic carbocycles. The molecular weight excluding hydrogens is 706 g/mol. The first-order valence-electron chi connectivity index (χ1n) is 14.6. The minimum Gasteiger partial charge on any atom is -0.660 e. The van der Waals surface area contributed by atoms with Gasteiger partial charge in [-0.15, -0.1) is 13.1 Å². The molecule has 18 heteroatoms. The Kier molecular flexibility index (Phi) is 13.5. The molecule has 1 fully saturated rings. The number of nitrogens with one attached hydrogen (secondary N) is 1. The van der Waals surface area contributed by atoms with E-state index in [0.717, 1.165) is 43.9 Å². The number of fused-ring (bicyclic) bond motifs is 3. The topological polar surface area (TPSA) is 203 Å². The smallest absolute Gasteiger partial charge is 0.353 e. The van der Waals surface area contributed by atoms with Crippen molar-refractivity contribution in [1.82, 2.24) is 24.4 Å². The van der Waals surface area contributed by atoms with E-state index >= 15 is 0 Å². The number of methoxy groups -OCH3 is 1. The molecule has 4 N–H and O–H groups in total. The van der Waals surface area contributed by atoms with Crippen LogP contribution in [-0.4, -0.2) is 94.5 Å². The van der Waals surface area contributed by atoms with Crippen LogP contribution in [-0.2, 0) is 55.4 Å². The molecule has 4 heterocycles. The normalized spacial score (nSPS) is 14.1. The average Bonchev–Trinajstić information content (AvgIpc) is 3.60. The largest absolute Gasteiger partial charge is 0.660 e. The van der Waals surface area contributed by atoms with E-state index in [1.54, 1.807) is 7.11 Å². The first-order valence-corrected chi connectivity index (χ1v) is 14.6. The Bertz CT molecular complexity index is 1770. The van der Waals surface area contributed by atoms with Crippen LogP contribution in [0.4, 0.5) is 16.3 Å². The van der Waals surface area contributed by atoms with Gasteiger partial charge in [-0.3, -0.25) is 14.3 Å². The Labute approximate surface area is 299 Å². The van der Waals surface area contributed by atoms with Gasteiger partial charge in [-0.25, -0.2) is 25.0 Å². The molecule has 2 aliphatic heterocycles. The van der Waals surface area contributed by atoms with Gasteiger partial charge in [0.05, 0.1) is 19.1 Å². The number of nitrogens with zero attached hydrogens (tertiary/aromatic N) is 7. The third-order valence-electron chi connectivity index (χ3n) is 7.30. The molecule has 1 amide bonds. The summed E-state index contributed by atoms with van der Waals surface area (Å²) in [5.41, 5.74) is 7.15. The number of piperazine rings is 1. The second kappa shape index (κ2) is 17.7. The molecule has 1 saturated heterocycles. The number of halogens is 1. The van der Waals surface area contributed by atoms with Crippen LogP contribution in [0, 0.1) is 0 Å². The number of hydrogen-bond donors (Lipinski definition) is 3. The van der Waals surface area contributed by atoms with E-state index < -0.39 is 11.9 Å². The molecule has 0 aliphatic carbocycles. The molecule has 0 bridgehead atoms. The molecule has 1 radical (unpaired) electrons. The predicted octanol–water partition coefficient (Wildman–Crippen LogP) is 2.16. The van der Waals surface area contributed by atoms with Crippen LogP contribution in [0.5, 0.6) is 17.2 Å². The number of anilines is 2. The Morgan fingerprint density at radius 2 is 1.83 bits per heavy atom. The van der Waals surface area contributed by atoms with Crippen LogP contribution in [0.3, 0.4) is 0 Å². The SMILES string of the molecule is COc1c(OCCN2CC[N-]CC2)ccc2c3n(c(=NC(=O)c4cnc(N)nc4)nc12)CCN3.O=C(Cc1ccc(OO)cc1)OF.[Y]. The molecule has 251 valence electrons. The van der Waals surface area contributed by atoms with Gasteiger partial charge >= 0.3 is 5.97 Å². The molecule has 16 nitrogen and oxygen atoms in total. The summed E-state index contributed by atoms with van der Waals surface area (Å²) in [6.45, 7) is 6.30. The van der Waals surface area contributed by atoms with Gasteiger partial charge in [-0.2, -0.15) is 4.99 Å². The molecule has 2 aromatic heterocycles. The third kappa shape index (κ3) is 9.20. The van der Waals surface area contributed by atoms with E-state index in [-0.39, 0.29) is 62.0 Å².